The highest BCUT2D eigenvalue weighted by Gasteiger charge is 2.42. The van der Waals surface area contributed by atoms with Crippen LogP contribution in [0.5, 0.6) is 0 Å². The maximum absolute atomic E-state index is 12.9. The van der Waals surface area contributed by atoms with Gasteiger partial charge in [0, 0.05) is 17.3 Å². The number of benzene rings is 2. The number of carbonyl (C=O) groups excluding carboxylic acids is 1. The number of sulfonamides is 1. The Morgan fingerprint density at radius 1 is 1.13 bits per heavy atom. The van der Waals surface area contributed by atoms with E-state index in [1.165, 1.54) is 42.7 Å². The normalized spacial score (nSPS) is 23.8. The van der Waals surface area contributed by atoms with Crippen LogP contribution in [-0.4, -0.2) is 25.4 Å². The molecule has 0 spiro atoms. The van der Waals surface area contributed by atoms with Gasteiger partial charge in [-0.25, -0.2) is 18.1 Å². The van der Waals surface area contributed by atoms with Gasteiger partial charge in [0.15, 0.2) is 0 Å². The third-order valence-corrected chi connectivity index (χ3v) is 9.16. The average molecular weight is 456 g/mol. The summed E-state index contributed by atoms with van der Waals surface area (Å²) in [5.74, 6) is 1.63. The van der Waals surface area contributed by atoms with Crippen molar-refractivity contribution < 1.29 is 13.2 Å². The van der Waals surface area contributed by atoms with Crippen LogP contribution in [0.3, 0.4) is 0 Å². The summed E-state index contributed by atoms with van der Waals surface area (Å²) in [7, 11) is -3.60. The number of carbonyl (C=O) groups is 1. The Hall–Kier alpha value is -2.29. The molecule has 2 saturated carbocycles. The van der Waals surface area contributed by atoms with Gasteiger partial charge < -0.3 is 5.32 Å². The van der Waals surface area contributed by atoms with Crippen molar-refractivity contribution in [2.24, 2.45) is 17.8 Å². The predicted molar refractivity (Wildman–Crippen MR) is 123 cm³/mol. The molecule has 1 heterocycles. The van der Waals surface area contributed by atoms with Crippen molar-refractivity contribution in [3.63, 3.8) is 0 Å². The van der Waals surface area contributed by atoms with E-state index in [1.54, 1.807) is 23.7 Å². The highest BCUT2D eigenvalue weighted by atomic mass is 32.2. The van der Waals surface area contributed by atoms with E-state index in [0.29, 0.717) is 23.1 Å². The van der Waals surface area contributed by atoms with Crippen LogP contribution in [0.4, 0.5) is 5.69 Å². The first-order valence-electron chi connectivity index (χ1n) is 10.7. The summed E-state index contributed by atoms with van der Waals surface area (Å²) in [4.78, 5) is 17.0. The second kappa shape index (κ2) is 8.00. The van der Waals surface area contributed by atoms with Gasteiger partial charge in [-0.1, -0.05) is 6.42 Å². The monoisotopic (exact) mass is 455 g/mol. The van der Waals surface area contributed by atoms with Crippen LogP contribution in [0.15, 0.2) is 52.9 Å². The number of hydrogen-bond acceptors (Lipinski definition) is 5. The minimum atomic E-state index is -3.60. The van der Waals surface area contributed by atoms with Gasteiger partial charge >= 0.3 is 0 Å². The summed E-state index contributed by atoms with van der Waals surface area (Å²) in [6.07, 6.45) is 4.91. The molecule has 2 aliphatic rings. The minimum Gasteiger partial charge on any atom is -0.322 e. The predicted octanol–water partition coefficient (Wildman–Crippen LogP) is 4.65. The first-order chi connectivity index (χ1) is 14.9. The quantitative estimate of drug-likeness (QED) is 0.566. The number of nitrogens with zero attached hydrogens (tertiary/aromatic N) is 1. The molecule has 6 nitrogen and oxygen atoms in total. The second-order valence-electron chi connectivity index (χ2n) is 8.76. The van der Waals surface area contributed by atoms with E-state index in [-0.39, 0.29) is 16.8 Å². The summed E-state index contributed by atoms with van der Waals surface area (Å²) in [6.45, 7) is 1.98. The molecular formula is C23H25N3O3S2. The molecule has 31 heavy (non-hydrogen) atoms. The molecule has 0 unspecified atom stereocenters. The van der Waals surface area contributed by atoms with Gasteiger partial charge in [0.1, 0.15) is 0 Å². The number of amides is 1. The molecule has 5 rings (SSSR count). The van der Waals surface area contributed by atoms with Gasteiger partial charge in [0.05, 0.1) is 20.6 Å². The van der Waals surface area contributed by atoms with E-state index in [4.69, 9.17) is 0 Å². The van der Waals surface area contributed by atoms with Gasteiger partial charge in [-0.15, -0.1) is 11.3 Å². The number of hydrogen-bond donors (Lipinski definition) is 2. The van der Waals surface area contributed by atoms with Crippen molar-refractivity contribution in [3.05, 3.63) is 53.5 Å². The Morgan fingerprint density at radius 3 is 2.65 bits per heavy atom. The Balaban J connectivity index is 1.25. The van der Waals surface area contributed by atoms with Crippen LogP contribution in [0.25, 0.3) is 10.2 Å². The third kappa shape index (κ3) is 4.12. The molecule has 2 N–H and O–H groups in total. The van der Waals surface area contributed by atoms with Crippen LogP contribution in [-0.2, 0) is 10.0 Å². The summed E-state index contributed by atoms with van der Waals surface area (Å²) in [5.41, 5.74) is 3.70. The minimum absolute atomic E-state index is 0.0682. The van der Waals surface area contributed by atoms with E-state index in [2.05, 4.69) is 15.0 Å². The number of thiazole rings is 1. The number of rotatable bonds is 6. The van der Waals surface area contributed by atoms with Crippen LogP contribution >= 0.6 is 11.3 Å². The summed E-state index contributed by atoms with van der Waals surface area (Å²) >= 11 is 1.48. The van der Waals surface area contributed by atoms with E-state index in [9.17, 15) is 13.2 Å². The van der Waals surface area contributed by atoms with Gasteiger partial charge in [0.25, 0.3) is 5.91 Å². The fraction of sp³-hybridized carbons (Fsp3) is 0.391. The third-order valence-electron chi connectivity index (χ3n) is 6.79. The molecule has 0 saturated heterocycles. The standard InChI is InChI=1S/C23H25N3O3S2/c1-14(20-11-15-2-3-16(20)10-15)26-31(28,29)19-7-5-18(6-8-19)25-23(27)17-4-9-21-22(12-17)30-13-24-21/h4-9,12-16,20,26H,2-3,10-11H2,1H3,(H,25,27)/t14-,15-,16-,20-/m0/s1. The number of fused-ring (bicyclic) bond motifs is 3. The molecule has 1 aromatic heterocycles. The first kappa shape index (κ1) is 20.6. The van der Waals surface area contributed by atoms with Crippen molar-refractivity contribution in [2.75, 3.05) is 5.32 Å². The Labute approximate surface area is 186 Å². The molecular weight excluding hydrogens is 430 g/mol. The fourth-order valence-electron chi connectivity index (χ4n) is 5.22. The van der Waals surface area contributed by atoms with Crippen LogP contribution in [0.1, 0.15) is 43.0 Å². The van der Waals surface area contributed by atoms with Crippen LogP contribution in [0, 0.1) is 17.8 Å². The van der Waals surface area contributed by atoms with Gasteiger partial charge in [-0.3, -0.25) is 4.79 Å². The number of nitrogens with one attached hydrogen (secondary N) is 2. The van der Waals surface area contributed by atoms with Gasteiger partial charge in [-0.05, 0) is 86.4 Å². The SMILES string of the molecule is C[C@H](NS(=O)(=O)c1ccc(NC(=O)c2ccc3ncsc3c2)cc1)[C@@H]1C[C@H]2CC[C@H]1C2. The van der Waals surface area contributed by atoms with Crippen molar-refractivity contribution in [2.45, 2.75) is 43.5 Å². The maximum atomic E-state index is 12.9. The van der Waals surface area contributed by atoms with Crippen LogP contribution in [0.2, 0.25) is 0 Å². The Kier molecular flexibility index (Phi) is 5.32. The summed E-state index contributed by atoms with van der Waals surface area (Å²) in [6, 6.07) is 11.6. The van der Waals surface area contributed by atoms with E-state index < -0.39 is 10.0 Å². The molecule has 2 bridgehead atoms. The van der Waals surface area contributed by atoms with Crippen molar-refractivity contribution in [1.82, 2.24) is 9.71 Å². The maximum Gasteiger partial charge on any atom is 0.255 e. The molecule has 8 heteroatoms. The van der Waals surface area contributed by atoms with E-state index in [1.807, 2.05) is 19.1 Å². The van der Waals surface area contributed by atoms with E-state index in [0.717, 1.165) is 22.6 Å². The molecule has 2 fully saturated rings. The molecule has 4 atom stereocenters. The second-order valence-corrected chi connectivity index (χ2v) is 11.4. The number of aromatic nitrogens is 1. The van der Waals surface area contributed by atoms with Crippen molar-refractivity contribution >= 4 is 43.2 Å². The smallest absolute Gasteiger partial charge is 0.255 e. The highest BCUT2D eigenvalue weighted by Crippen LogP contribution is 2.49. The molecule has 1 amide bonds. The molecule has 2 aliphatic carbocycles. The lowest BCUT2D eigenvalue weighted by Crippen LogP contribution is -2.40. The first-order valence-corrected chi connectivity index (χ1v) is 13.0. The van der Waals surface area contributed by atoms with Crippen molar-refractivity contribution in [1.29, 1.82) is 0 Å². The molecule has 0 aliphatic heterocycles. The van der Waals surface area contributed by atoms with E-state index >= 15 is 0 Å². The largest absolute Gasteiger partial charge is 0.322 e. The zero-order valence-corrected chi connectivity index (χ0v) is 18.9. The van der Waals surface area contributed by atoms with Gasteiger partial charge in [-0.2, -0.15) is 0 Å². The summed E-state index contributed by atoms with van der Waals surface area (Å²) in [5, 5.41) is 2.83. The topological polar surface area (TPSA) is 88.2 Å². The lowest BCUT2D eigenvalue weighted by Gasteiger charge is -2.28. The molecule has 162 valence electrons. The van der Waals surface area contributed by atoms with Crippen molar-refractivity contribution in [3.8, 4) is 0 Å². The van der Waals surface area contributed by atoms with Gasteiger partial charge in [0.2, 0.25) is 10.0 Å². The highest BCUT2D eigenvalue weighted by molar-refractivity contribution is 7.89. The number of anilines is 1. The zero-order chi connectivity index (χ0) is 21.6. The average Bonchev–Trinajstić information content (AvgIpc) is 3.50. The fourth-order valence-corrected chi connectivity index (χ4v) is 7.23. The van der Waals surface area contributed by atoms with Crippen LogP contribution < -0.4 is 10.0 Å². The lowest BCUT2D eigenvalue weighted by atomic mass is 9.84. The zero-order valence-electron chi connectivity index (χ0n) is 17.2. The molecule has 3 aromatic rings. The Bertz CT molecular complexity index is 1220. The molecule has 0 radical (unpaired) electrons. The lowest BCUT2D eigenvalue weighted by molar-refractivity contribution is 0.102. The Morgan fingerprint density at radius 2 is 1.94 bits per heavy atom. The summed E-state index contributed by atoms with van der Waals surface area (Å²) < 4.78 is 29.5. The molecule has 2 aromatic carbocycles.